The number of hydrogen-bond donors (Lipinski definition) is 0. The summed E-state index contributed by atoms with van der Waals surface area (Å²) in [4.78, 5) is 39.6. The zero-order valence-corrected chi connectivity index (χ0v) is 24.3. The van der Waals surface area contributed by atoms with Crippen LogP contribution in [-0.4, -0.2) is 20.2 Å². The molecule has 0 aromatic carbocycles. The molecule has 0 heterocycles. The molecule has 0 saturated carbocycles. The summed E-state index contributed by atoms with van der Waals surface area (Å²) in [5, 5.41) is 0. The van der Waals surface area contributed by atoms with Gasteiger partial charge in [0.1, 0.15) is 0 Å². The van der Waals surface area contributed by atoms with E-state index in [0.717, 1.165) is 77.0 Å². The normalized spacial score (nSPS) is 12.2. The fourth-order valence-electron chi connectivity index (χ4n) is 4.19. The second-order valence-corrected chi connectivity index (χ2v) is 15.5. The van der Waals surface area contributed by atoms with Gasteiger partial charge in [-0.1, -0.05) is 0 Å². The second kappa shape index (κ2) is 18.5. The molecule has 0 unspecified atom stereocenters. The average molecular weight is 521 g/mol. The van der Waals surface area contributed by atoms with Gasteiger partial charge in [-0.15, -0.1) is 0 Å². The first-order valence-corrected chi connectivity index (χ1v) is 17.5. The molecule has 0 aliphatic heterocycles. The molecule has 0 saturated heterocycles. The molecular formula is C27H52O6Ti. The molecule has 0 radical (unpaired) electrons. The molecule has 7 heteroatoms. The van der Waals surface area contributed by atoms with E-state index in [1.807, 2.05) is 0 Å². The Morgan fingerprint density at radius 2 is 0.941 bits per heavy atom. The predicted octanol–water partition coefficient (Wildman–Crippen LogP) is 7.95. The number of carbonyl (C=O) groups excluding carboxylic acids is 3. The van der Waals surface area contributed by atoms with Crippen molar-refractivity contribution in [2.75, 3.05) is 0 Å². The number of rotatable bonds is 23. The molecular weight excluding hydrogens is 468 g/mol. The van der Waals surface area contributed by atoms with Gasteiger partial charge < -0.3 is 0 Å². The molecule has 200 valence electrons. The van der Waals surface area contributed by atoms with E-state index < -0.39 is 36.3 Å². The third kappa shape index (κ3) is 12.3. The molecule has 0 rings (SSSR count). The molecule has 0 amide bonds. The fourth-order valence-corrected chi connectivity index (χ4v) is 9.56. The third-order valence-corrected chi connectivity index (χ3v) is 12.3. The zero-order chi connectivity index (χ0) is 25.9. The van der Waals surface area contributed by atoms with Crippen LogP contribution in [0.15, 0.2) is 0 Å². The number of unbranched alkanes of at least 4 members (excludes halogenated alkanes) is 12. The summed E-state index contributed by atoms with van der Waals surface area (Å²) in [5.41, 5.74) is 0. The van der Waals surface area contributed by atoms with Gasteiger partial charge in [-0.2, -0.15) is 0 Å². The molecule has 0 atom stereocenters. The van der Waals surface area contributed by atoms with Gasteiger partial charge >= 0.3 is 211 Å². The fraction of sp³-hybridized carbons (Fsp3) is 0.889. The van der Waals surface area contributed by atoms with Gasteiger partial charge in [-0.25, -0.2) is 0 Å². The van der Waals surface area contributed by atoms with E-state index in [9.17, 15) is 17.7 Å². The Hall–Kier alpha value is -0.716. The van der Waals surface area contributed by atoms with Crippen LogP contribution >= 0.6 is 0 Å². The van der Waals surface area contributed by atoms with Crippen LogP contribution in [0.2, 0.25) is 0 Å². The van der Waals surface area contributed by atoms with Gasteiger partial charge in [0.05, 0.1) is 0 Å². The van der Waals surface area contributed by atoms with Gasteiger partial charge in [0, 0.05) is 0 Å². The maximum atomic E-state index is 14.5. The Bertz CT molecular complexity index is 626. The van der Waals surface area contributed by atoms with Crippen LogP contribution in [0, 0.1) is 0 Å². The Kier molecular flexibility index (Phi) is 18.1. The minimum atomic E-state index is -6.62. The molecule has 0 aliphatic carbocycles. The Morgan fingerprint density at radius 3 is 1.29 bits per heavy atom. The SMILES string of the molecule is CCCCCCCC(=O)[O][Ti](=[O])([O]C(C)C)([C](=O)CCCCCCC)[C](=O)CCCCCCC. The van der Waals surface area contributed by atoms with E-state index in [1.165, 1.54) is 0 Å². The first kappa shape index (κ1) is 33.3. The van der Waals surface area contributed by atoms with E-state index in [0.29, 0.717) is 19.3 Å². The monoisotopic (exact) mass is 520 g/mol. The van der Waals surface area contributed by atoms with Crippen molar-refractivity contribution in [1.29, 1.82) is 0 Å². The summed E-state index contributed by atoms with van der Waals surface area (Å²) >= 11 is -6.62. The van der Waals surface area contributed by atoms with Crippen LogP contribution in [0.1, 0.15) is 150 Å². The molecule has 0 aromatic rings. The van der Waals surface area contributed by atoms with E-state index in [-0.39, 0.29) is 19.3 Å². The Balaban J connectivity index is 5.63. The van der Waals surface area contributed by atoms with E-state index >= 15 is 0 Å². The molecule has 0 spiro atoms. The predicted molar refractivity (Wildman–Crippen MR) is 133 cm³/mol. The molecule has 34 heavy (non-hydrogen) atoms. The van der Waals surface area contributed by atoms with Crippen LogP contribution in [0.25, 0.3) is 0 Å². The van der Waals surface area contributed by atoms with Crippen LogP contribution in [-0.2, 0) is 40.4 Å². The van der Waals surface area contributed by atoms with Crippen LogP contribution < -0.4 is 0 Å². The van der Waals surface area contributed by atoms with Crippen molar-refractivity contribution in [2.45, 2.75) is 156 Å². The van der Waals surface area contributed by atoms with Gasteiger partial charge in [0.15, 0.2) is 0 Å². The molecule has 0 aromatic heterocycles. The Morgan fingerprint density at radius 1 is 0.588 bits per heavy atom. The molecule has 0 bridgehead atoms. The standard InChI is InChI=1S/C8H16O2.2C8H15O.C3H7O.O.Ti/c1-2-3-4-5-6-7-8(9)10;2*1-2-3-4-5-6-7-8-9;1-3(2)4;;/h2-7H2,1H3,(H,9,10);2*2-7H2,1H3;3H,1-2H3;;/q;;;-1;;+2/p-1. The summed E-state index contributed by atoms with van der Waals surface area (Å²) < 4.78 is 24.2. The first-order chi connectivity index (χ1) is 16.1. The third-order valence-electron chi connectivity index (χ3n) is 6.21. The van der Waals surface area contributed by atoms with Crippen molar-refractivity contribution in [2.24, 2.45) is 0 Å². The number of hydrogen-bond acceptors (Lipinski definition) is 6. The van der Waals surface area contributed by atoms with Gasteiger partial charge in [-0.05, 0) is 0 Å². The summed E-state index contributed by atoms with van der Waals surface area (Å²) in [6.07, 6.45) is 12.7. The van der Waals surface area contributed by atoms with E-state index in [1.54, 1.807) is 13.8 Å². The van der Waals surface area contributed by atoms with Crippen molar-refractivity contribution >= 4 is 14.1 Å². The molecule has 0 N–H and O–H groups in total. The average Bonchev–Trinajstić information content (AvgIpc) is 2.77. The van der Waals surface area contributed by atoms with Gasteiger partial charge in [0.25, 0.3) is 0 Å². The molecule has 0 aliphatic rings. The molecule has 6 nitrogen and oxygen atoms in total. The summed E-state index contributed by atoms with van der Waals surface area (Å²) in [5.74, 6) is -0.747. The number of carbonyl (C=O) groups is 3. The quantitative estimate of drug-likeness (QED) is 0.100. The topological polar surface area (TPSA) is 86.7 Å². The first-order valence-electron chi connectivity index (χ1n) is 14.0. The second-order valence-electron chi connectivity index (χ2n) is 9.97. The Labute approximate surface area is 210 Å². The van der Waals surface area contributed by atoms with E-state index in [2.05, 4.69) is 20.8 Å². The van der Waals surface area contributed by atoms with Crippen LogP contribution in [0.3, 0.4) is 0 Å². The van der Waals surface area contributed by atoms with Crippen molar-refractivity contribution in [3.63, 3.8) is 0 Å². The zero-order valence-electron chi connectivity index (χ0n) is 22.8. The summed E-state index contributed by atoms with van der Waals surface area (Å²) in [6.45, 7) is 9.58. The van der Waals surface area contributed by atoms with Gasteiger partial charge in [-0.3, -0.25) is 0 Å². The van der Waals surface area contributed by atoms with Crippen LogP contribution in [0.5, 0.6) is 0 Å². The minimum absolute atomic E-state index is 0.0419. The van der Waals surface area contributed by atoms with Crippen molar-refractivity contribution in [1.82, 2.24) is 0 Å². The van der Waals surface area contributed by atoms with Crippen LogP contribution in [0.4, 0.5) is 0 Å². The summed E-state index contributed by atoms with van der Waals surface area (Å²) in [7, 11) is 0. The van der Waals surface area contributed by atoms with Crippen molar-refractivity contribution in [3.8, 4) is 0 Å². The van der Waals surface area contributed by atoms with Crippen molar-refractivity contribution in [3.05, 3.63) is 0 Å². The van der Waals surface area contributed by atoms with E-state index in [4.69, 9.17) is 6.64 Å². The van der Waals surface area contributed by atoms with Crippen molar-refractivity contribution < 1.29 is 40.4 Å². The molecule has 0 fully saturated rings. The maximum absolute atomic E-state index is 14.5. The summed E-state index contributed by atoms with van der Waals surface area (Å²) in [6, 6.07) is 0. The van der Waals surface area contributed by atoms with Gasteiger partial charge in [0.2, 0.25) is 0 Å².